The van der Waals surface area contributed by atoms with Crippen LogP contribution < -0.4 is 16.0 Å². The molecule has 1 saturated heterocycles. The van der Waals surface area contributed by atoms with E-state index in [-0.39, 0.29) is 17.4 Å². The molecule has 3 N–H and O–H groups in total. The van der Waals surface area contributed by atoms with Crippen molar-refractivity contribution in [2.24, 2.45) is 11.7 Å². The van der Waals surface area contributed by atoms with Gasteiger partial charge in [-0.1, -0.05) is 12.1 Å². The Bertz CT molecular complexity index is 835. The number of benzene rings is 2. The molecule has 0 atom stereocenters. The van der Waals surface area contributed by atoms with Crippen molar-refractivity contribution in [3.63, 3.8) is 0 Å². The maximum atomic E-state index is 13.5. The van der Waals surface area contributed by atoms with Gasteiger partial charge in [0.05, 0.1) is 16.9 Å². The Morgan fingerprint density at radius 2 is 1.85 bits per heavy atom. The normalized spacial score (nSPS) is 14.9. The highest BCUT2D eigenvalue weighted by Crippen LogP contribution is 2.30. The van der Waals surface area contributed by atoms with E-state index in [2.05, 4.69) is 26.1 Å². The van der Waals surface area contributed by atoms with E-state index in [9.17, 15) is 14.0 Å². The third-order valence-electron chi connectivity index (χ3n) is 4.56. The number of anilines is 2. The third-order valence-corrected chi connectivity index (χ3v) is 5.25. The standard InChI is InChI=1S/C19H19BrFN3O2/c20-15-6-5-13(21)11-14(15)19(26)23-16-3-1-2-4-17(16)24-9-7-12(8-10-24)18(22)25/h1-6,11-12H,7-10H2,(H2,22,25)(H,23,26). The third kappa shape index (κ3) is 4.04. The Morgan fingerprint density at radius 1 is 1.15 bits per heavy atom. The number of para-hydroxylation sites is 2. The molecule has 3 rings (SSSR count). The van der Waals surface area contributed by atoms with Gasteiger partial charge in [0.1, 0.15) is 5.82 Å². The molecule has 2 aromatic rings. The summed E-state index contributed by atoms with van der Waals surface area (Å²) >= 11 is 3.28. The van der Waals surface area contributed by atoms with Gasteiger partial charge < -0.3 is 16.0 Å². The van der Waals surface area contributed by atoms with Crippen LogP contribution in [0.4, 0.5) is 15.8 Å². The molecule has 0 aliphatic carbocycles. The lowest BCUT2D eigenvalue weighted by atomic mass is 9.96. The van der Waals surface area contributed by atoms with Crippen molar-refractivity contribution in [2.75, 3.05) is 23.3 Å². The highest BCUT2D eigenvalue weighted by molar-refractivity contribution is 9.10. The monoisotopic (exact) mass is 419 g/mol. The number of nitrogens with zero attached hydrogens (tertiary/aromatic N) is 1. The minimum absolute atomic E-state index is 0.101. The van der Waals surface area contributed by atoms with Crippen LogP contribution in [0.1, 0.15) is 23.2 Å². The summed E-state index contributed by atoms with van der Waals surface area (Å²) in [4.78, 5) is 26.0. The predicted molar refractivity (Wildman–Crippen MR) is 103 cm³/mol. The Balaban J connectivity index is 1.79. The van der Waals surface area contributed by atoms with Crippen molar-refractivity contribution in [2.45, 2.75) is 12.8 Å². The summed E-state index contributed by atoms with van der Waals surface area (Å²) < 4.78 is 14.0. The summed E-state index contributed by atoms with van der Waals surface area (Å²) in [6.45, 7) is 1.37. The lowest BCUT2D eigenvalue weighted by Crippen LogP contribution is -2.38. The van der Waals surface area contributed by atoms with Gasteiger partial charge in [-0.15, -0.1) is 0 Å². The van der Waals surface area contributed by atoms with Gasteiger partial charge in [0.15, 0.2) is 0 Å². The first-order chi connectivity index (χ1) is 12.5. The Hall–Kier alpha value is -2.41. The molecule has 7 heteroatoms. The lowest BCUT2D eigenvalue weighted by molar-refractivity contribution is -0.122. The maximum Gasteiger partial charge on any atom is 0.256 e. The van der Waals surface area contributed by atoms with E-state index in [0.717, 1.165) is 5.69 Å². The summed E-state index contributed by atoms with van der Waals surface area (Å²) in [5.74, 6) is -1.23. The molecule has 5 nitrogen and oxygen atoms in total. The number of hydrogen-bond acceptors (Lipinski definition) is 3. The molecular formula is C19H19BrFN3O2. The summed E-state index contributed by atoms with van der Waals surface area (Å²) in [6, 6.07) is 11.4. The second-order valence-corrected chi connectivity index (χ2v) is 7.11. The zero-order chi connectivity index (χ0) is 18.7. The van der Waals surface area contributed by atoms with E-state index in [1.54, 1.807) is 6.07 Å². The first kappa shape index (κ1) is 18.4. The molecule has 1 aliphatic rings. The number of carbonyl (C=O) groups is 2. The van der Waals surface area contributed by atoms with Gasteiger partial charge in [-0.3, -0.25) is 9.59 Å². The van der Waals surface area contributed by atoms with Crippen LogP contribution in [-0.2, 0) is 4.79 Å². The van der Waals surface area contributed by atoms with Crippen molar-refractivity contribution in [1.29, 1.82) is 0 Å². The van der Waals surface area contributed by atoms with Crippen LogP contribution in [0.2, 0.25) is 0 Å². The molecule has 1 heterocycles. The topological polar surface area (TPSA) is 75.4 Å². The molecule has 2 aromatic carbocycles. The van der Waals surface area contributed by atoms with Crippen molar-refractivity contribution in [1.82, 2.24) is 0 Å². The van der Waals surface area contributed by atoms with Crippen LogP contribution in [0.3, 0.4) is 0 Å². The van der Waals surface area contributed by atoms with Gasteiger partial charge in [0.2, 0.25) is 5.91 Å². The number of amides is 2. The van der Waals surface area contributed by atoms with Crippen LogP contribution in [0, 0.1) is 11.7 Å². The first-order valence-corrected chi connectivity index (χ1v) is 9.14. The zero-order valence-electron chi connectivity index (χ0n) is 14.0. The van der Waals surface area contributed by atoms with Crippen LogP contribution in [0.25, 0.3) is 0 Å². The quantitative estimate of drug-likeness (QED) is 0.795. The number of nitrogens with one attached hydrogen (secondary N) is 1. The molecule has 0 radical (unpaired) electrons. The van der Waals surface area contributed by atoms with E-state index in [1.165, 1.54) is 18.2 Å². The lowest BCUT2D eigenvalue weighted by Gasteiger charge is -2.33. The highest BCUT2D eigenvalue weighted by atomic mass is 79.9. The number of carbonyl (C=O) groups excluding carboxylic acids is 2. The van der Waals surface area contributed by atoms with E-state index in [0.29, 0.717) is 36.1 Å². The van der Waals surface area contributed by atoms with E-state index < -0.39 is 11.7 Å². The SMILES string of the molecule is NC(=O)C1CCN(c2ccccc2NC(=O)c2cc(F)ccc2Br)CC1. The molecule has 1 fully saturated rings. The summed E-state index contributed by atoms with van der Waals surface area (Å²) in [5, 5.41) is 2.86. The van der Waals surface area contributed by atoms with Crippen molar-refractivity contribution in [3.8, 4) is 0 Å². The number of rotatable bonds is 4. The first-order valence-electron chi connectivity index (χ1n) is 8.35. The molecule has 0 unspecified atom stereocenters. The molecule has 136 valence electrons. The molecule has 0 aromatic heterocycles. The minimum atomic E-state index is -0.472. The summed E-state index contributed by atoms with van der Waals surface area (Å²) in [6.07, 6.45) is 1.38. The van der Waals surface area contributed by atoms with Gasteiger partial charge in [-0.25, -0.2) is 4.39 Å². The summed E-state index contributed by atoms with van der Waals surface area (Å²) in [5.41, 5.74) is 7.13. The average molecular weight is 420 g/mol. The van der Waals surface area contributed by atoms with Crippen molar-refractivity contribution < 1.29 is 14.0 Å². The van der Waals surface area contributed by atoms with Crippen molar-refractivity contribution >= 4 is 39.1 Å². The molecular weight excluding hydrogens is 401 g/mol. The number of halogens is 2. The van der Waals surface area contributed by atoms with Crippen LogP contribution >= 0.6 is 15.9 Å². The van der Waals surface area contributed by atoms with Gasteiger partial charge in [0.25, 0.3) is 5.91 Å². The average Bonchev–Trinajstić information content (AvgIpc) is 2.64. The van der Waals surface area contributed by atoms with Gasteiger partial charge in [-0.2, -0.15) is 0 Å². The Labute approximate surface area is 159 Å². The number of primary amides is 1. The van der Waals surface area contributed by atoms with Crippen LogP contribution in [-0.4, -0.2) is 24.9 Å². The highest BCUT2D eigenvalue weighted by Gasteiger charge is 2.24. The fraction of sp³-hybridized carbons (Fsp3) is 0.263. The van der Waals surface area contributed by atoms with E-state index in [4.69, 9.17) is 5.73 Å². The van der Waals surface area contributed by atoms with Gasteiger partial charge >= 0.3 is 0 Å². The fourth-order valence-electron chi connectivity index (χ4n) is 3.12. The van der Waals surface area contributed by atoms with E-state index in [1.807, 2.05) is 18.2 Å². The molecule has 0 spiro atoms. The molecule has 26 heavy (non-hydrogen) atoms. The van der Waals surface area contributed by atoms with E-state index >= 15 is 0 Å². The van der Waals surface area contributed by atoms with Crippen LogP contribution in [0.15, 0.2) is 46.9 Å². The second-order valence-electron chi connectivity index (χ2n) is 6.26. The molecule has 0 bridgehead atoms. The number of piperidine rings is 1. The smallest absolute Gasteiger partial charge is 0.256 e. The number of hydrogen-bond donors (Lipinski definition) is 2. The summed E-state index contributed by atoms with van der Waals surface area (Å²) in [7, 11) is 0. The number of nitrogens with two attached hydrogens (primary N) is 1. The molecule has 0 saturated carbocycles. The maximum absolute atomic E-state index is 13.5. The van der Waals surface area contributed by atoms with Gasteiger partial charge in [-0.05, 0) is 59.1 Å². The minimum Gasteiger partial charge on any atom is -0.370 e. The Morgan fingerprint density at radius 3 is 2.54 bits per heavy atom. The van der Waals surface area contributed by atoms with Gasteiger partial charge in [0, 0.05) is 23.5 Å². The van der Waals surface area contributed by atoms with Crippen LogP contribution in [0.5, 0.6) is 0 Å². The Kier molecular flexibility index (Phi) is 5.56. The largest absolute Gasteiger partial charge is 0.370 e. The van der Waals surface area contributed by atoms with Crippen molar-refractivity contribution in [3.05, 3.63) is 58.3 Å². The molecule has 2 amide bonds. The predicted octanol–water partition coefficient (Wildman–Crippen LogP) is 3.54. The molecule has 1 aliphatic heterocycles. The second kappa shape index (κ2) is 7.86. The zero-order valence-corrected chi connectivity index (χ0v) is 15.6. The fourth-order valence-corrected chi connectivity index (χ4v) is 3.55.